The number of nitrogens with two attached hydrogens (primary N) is 1. The van der Waals surface area contributed by atoms with E-state index in [0.29, 0.717) is 23.8 Å². The van der Waals surface area contributed by atoms with Gasteiger partial charge in [0.1, 0.15) is 5.69 Å². The lowest BCUT2D eigenvalue weighted by molar-refractivity contribution is 0.0935. The second kappa shape index (κ2) is 6.54. The molecule has 1 heterocycles. The lowest BCUT2D eigenvalue weighted by atomic mass is 10.1. The number of nitrogens with zero attached hydrogens (tertiary/aromatic N) is 2. The normalized spacial score (nSPS) is 12.2. The summed E-state index contributed by atoms with van der Waals surface area (Å²) in [5.41, 5.74) is 6.79. The van der Waals surface area contributed by atoms with Crippen molar-refractivity contribution in [3.63, 3.8) is 0 Å². The fourth-order valence-corrected chi connectivity index (χ4v) is 2.08. The van der Waals surface area contributed by atoms with Gasteiger partial charge < -0.3 is 15.6 Å². The molecule has 3 N–H and O–H groups in total. The molecular weight excluding hydrogens is 276 g/mol. The van der Waals surface area contributed by atoms with Crippen LogP contribution in [0.1, 0.15) is 29.0 Å². The van der Waals surface area contributed by atoms with E-state index in [0.717, 1.165) is 5.56 Å². The Morgan fingerprint density at radius 3 is 3.05 bits per heavy atom. The van der Waals surface area contributed by atoms with Gasteiger partial charge in [-0.15, -0.1) is 0 Å². The third-order valence-electron chi connectivity index (χ3n) is 2.95. The maximum absolute atomic E-state index is 12.1. The Hall–Kier alpha value is -1.85. The Balaban J connectivity index is 2.03. The minimum atomic E-state index is -0.215. The van der Waals surface area contributed by atoms with Gasteiger partial charge in [0.15, 0.2) is 0 Å². The zero-order valence-corrected chi connectivity index (χ0v) is 12.0. The molecule has 2 rings (SSSR count). The average molecular weight is 293 g/mol. The topological polar surface area (TPSA) is 72.9 Å². The van der Waals surface area contributed by atoms with Crippen LogP contribution in [0.25, 0.3) is 0 Å². The molecule has 0 fully saturated rings. The van der Waals surface area contributed by atoms with E-state index in [1.807, 2.05) is 25.1 Å². The molecule has 6 heteroatoms. The molecule has 5 nitrogen and oxygen atoms in total. The van der Waals surface area contributed by atoms with Crippen molar-refractivity contribution in [1.82, 2.24) is 14.9 Å². The van der Waals surface area contributed by atoms with Crippen LogP contribution in [0.3, 0.4) is 0 Å². The summed E-state index contributed by atoms with van der Waals surface area (Å²) in [5.74, 6) is -0.215. The molecule has 20 heavy (non-hydrogen) atoms. The van der Waals surface area contributed by atoms with E-state index in [2.05, 4.69) is 10.3 Å². The van der Waals surface area contributed by atoms with Crippen LogP contribution < -0.4 is 11.1 Å². The van der Waals surface area contributed by atoms with E-state index >= 15 is 0 Å². The molecule has 0 aliphatic rings. The molecule has 0 radical (unpaired) electrons. The predicted molar refractivity (Wildman–Crippen MR) is 78.6 cm³/mol. The number of rotatable bonds is 5. The van der Waals surface area contributed by atoms with Crippen LogP contribution in [0.4, 0.5) is 0 Å². The largest absolute Gasteiger partial charge is 0.344 e. The maximum Gasteiger partial charge on any atom is 0.271 e. The zero-order chi connectivity index (χ0) is 14.5. The molecule has 1 aromatic carbocycles. The number of aromatic nitrogens is 2. The smallest absolute Gasteiger partial charge is 0.271 e. The van der Waals surface area contributed by atoms with Crippen LogP contribution in [0.5, 0.6) is 0 Å². The quantitative estimate of drug-likeness (QED) is 0.885. The SMILES string of the molecule is CC(NC(=O)c1cn(CCN)cn1)c1cccc(Cl)c1. The number of hydrogen-bond donors (Lipinski definition) is 2. The molecule has 1 atom stereocenters. The Morgan fingerprint density at radius 2 is 2.35 bits per heavy atom. The van der Waals surface area contributed by atoms with Crippen molar-refractivity contribution >= 4 is 17.5 Å². The minimum absolute atomic E-state index is 0.138. The van der Waals surface area contributed by atoms with Gasteiger partial charge in [-0.1, -0.05) is 23.7 Å². The molecular formula is C14H17ClN4O. The number of halogens is 1. The maximum atomic E-state index is 12.1. The molecule has 106 valence electrons. The Morgan fingerprint density at radius 1 is 1.55 bits per heavy atom. The summed E-state index contributed by atoms with van der Waals surface area (Å²) < 4.78 is 1.79. The van der Waals surface area contributed by atoms with E-state index in [1.54, 1.807) is 23.2 Å². The van der Waals surface area contributed by atoms with E-state index < -0.39 is 0 Å². The summed E-state index contributed by atoms with van der Waals surface area (Å²) in [7, 11) is 0. The predicted octanol–water partition coefficient (Wildman–Crippen LogP) is 1.99. The first-order chi connectivity index (χ1) is 9.60. The lowest BCUT2D eigenvalue weighted by Gasteiger charge is -2.13. The first-order valence-electron chi connectivity index (χ1n) is 6.38. The van der Waals surface area contributed by atoms with Crippen molar-refractivity contribution in [1.29, 1.82) is 0 Å². The van der Waals surface area contributed by atoms with Gasteiger partial charge in [-0.3, -0.25) is 4.79 Å². The monoisotopic (exact) mass is 292 g/mol. The van der Waals surface area contributed by atoms with Crippen LogP contribution in [-0.4, -0.2) is 22.0 Å². The van der Waals surface area contributed by atoms with Gasteiger partial charge in [0.2, 0.25) is 0 Å². The van der Waals surface area contributed by atoms with Crippen molar-refractivity contribution in [3.05, 3.63) is 53.1 Å². The zero-order valence-electron chi connectivity index (χ0n) is 11.2. The van der Waals surface area contributed by atoms with Gasteiger partial charge in [0.25, 0.3) is 5.91 Å². The summed E-state index contributed by atoms with van der Waals surface area (Å²) >= 11 is 5.94. The Kier molecular flexibility index (Phi) is 4.76. The number of carbonyl (C=O) groups excluding carboxylic acids is 1. The number of carbonyl (C=O) groups is 1. The molecule has 1 amide bonds. The number of hydrogen-bond acceptors (Lipinski definition) is 3. The fraction of sp³-hybridized carbons (Fsp3) is 0.286. The first kappa shape index (κ1) is 14.6. The highest BCUT2D eigenvalue weighted by Gasteiger charge is 2.13. The van der Waals surface area contributed by atoms with Gasteiger partial charge in [-0.25, -0.2) is 4.98 Å². The lowest BCUT2D eigenvalue weighted by Crippen LogP contribution is -2.26. The molecule has 1 unspecified atom stereocenters. The average Bonchev–Trinajstić information content (AvgIpc) is 2.88. The van der Waals surface area contributed by atoms with E-state index in [9.17, 15) is 4.79 Å². The van der Waals surface area contributed by atoms with Crippen LogP contribution in [-0.2, 0) is 6.54 Å². The highest BCUT2D eigenvalue weighted by molar-refractivity contribution is 6.30. The molecule has 0 aliphatic heterocycles. The first-order valence-corrected chi connectivity index (χ1v) is 6.76. The standard InChI is InChI=1S/C14H17ClN4O/c1-10(11-3-2-4-12(15)7-11)18-14(20)13-8-19(6-5-16)9-17-13/h2-4,7-10H,5-6,16H2,1H3,(H,18,20). The summed E-state index contributed by atoms with van der Waals surface area (Å²) in [4.78, 5) is 16.1. The van der Waals surface area contributed by atoms with E-state index in [-0.39, 0.29) is 11.9 Å². The van der Waals surface area contributed by atoms with Crippen LogP contribution >= 0.6 is 11.6 Å². The second-order valence-corrected chi connectivity index (χ2v) is 4.97. The molecule has 0 saturated carbocycles. The summed E-state index contributed by atoms with van der Waals surface area (Å²) in [6.45, 7) is 3.06. The number of nitrogens with one attached hydrogen (secondary N) is 1. The molecule has 0 spiro atoms. The van der Waals surface area contributed by atoms with Gasteiger partial charge in [0, 0.05) is 24.3 Å². The van der Waals surface area contributed by atoms with Crippen molar-refractivity contribution < 1.29 is 4.79 Å². The van der Waals surface area contributed by atoms with Gasteiger partial charge in [-0.2, -0.15) is 0 Å². The molecule has 0 aliphatic carbocycles. The second-order valence-electron chi connectivity index (χ2n) is 4.54. The summed E-state index contributed by atoms with van der Waals surface area (Å²) in [6, 6.07) is 7.27. The Labute approximate surface area is 122 Å². The number of benzene rings is 1. The van der Waals surface area contributed by atoms with E-state index in [1.165, 1.54) is 0 Å². The van der Waals surface area contributed by atoms with E-state index in [4.69, 9.17) is 17.3 Å². The van der Waals surface area contributed by atoms with Gasteiger partial charge in [0.05, 0.1) is 12.4 Å². The summed E-state index contributed by atoms with van der Waals surface area (Å²) in [6.07, 6.45) is 3.29. The van der Waals surface area contributed by atoms with Crippen LogP contribution in [0, 0.1) is 0 Å². The highest BCUT2D eigenvalue weighted by atomic mass is 35.5. The van der Waals surface area contributed by atoms with Gasteiger partial charge in [-0.05, 0) is 24.6 Å². The number of amides is 1. The minimum Gasteiger partial charge on any atom is -0.344 e. The van der Waals surface area contributed by atoms with Crippen LogP contribution in [0.2, 0.25) is 5.02 Å². The number of imidazole rings is 1. The molecule has 0 saturated heterocycles. The third kappa shape index (κ3) is 3.59. The van der Waals surface area contributed by atoms with Crippen molar-refractivity contribution in [2.75, 3.05) is 6.54 Å². The molecule has 1 aromatic heterocycles. The summed E-state index contributed by atoms with van der Waals surface area (Å²) in [5, 5.41) is 3.54. The fourth-order valence-electron chi connectivity index (χ4n) is 1.88. The Bertz CT molecular complexity index is 596. The van der Waals surface area contributed by atoms with Crippen LogP contribution in [0.15, 0.2) is 36.8 Å². The molecule has 2 aromatic rings. The van der Waals surface area contributed by atoms with Crippen molar-refractivity contribution in [2.24, 2.45) is 5.73 Å². The molecule has 0 bridgehead atoms. The highest BCUT2D eigenvalue weighted by Crippen LogP contribution is 2.17. The van der Waals surface area contributed by atoms with Crippen molar-refractivity contribution in [3.8, 4) is 0 Å². The van der Waals surface area contributed by atoms with Crippen molar-refractivity contribution in [2.45, 2.75) is 19.5 Å². The van der Waals surface area contributed by atoms with Gasteiger partial charge >= 0.3 is 0 Å². The third-order valence-corrected chi connectivity index (χ3v) is 3.18.